The SMILES string of the molecule is Cc1ccc(F)cc1C(C(=O)Nc1nccs1)N1Cc2cccc(C#CCCCN3CCNCC3)c2C1=O. The highest BCUT2D eigenvalue weighted by molar-refractivity contribution is 7.13. The molecule has 5 rings (SSSR count). The topological polar surface area (TPSA) is 77.6 Å². The van der Waals surface area contributed by atoms with Crippen LogP contribution in [0.25, 0.3) is 0 Å². The molecule has 0 radical (unpaired) electrons. The monoisotopic (exact) mass is 531 g/mol. The number of benzene rings is 2. The molecule has 3 aromatic rings. The van der Waals surface area contributed by atoms with Crippen LogP contribution in [0.4, 0.5) is 9.52 Å². The van der Waals surface area contributed by atoms with Gasteiger partial charge in [-0.25, -0.2) is 9.37 Å². The number of fused-ring (bicyclic) bond motifs is 1. The molecule has 2 aliphatic heterocycles. The van der Waals surface area contributed by atoms with Gasteiger partial charge in [-0.1, -0.05) is 30.0 Å². The molecule has 1 saturated heterocycles. The van der Waals surface area contributed by atoms with E-state index in [0.717, 1.165) is 56.7 Å². The number of aryl methyl sites for hydroxylation is 1. The van der Waals surface area contributed by atoms with Crippen molar-refractivity contribution in [3.63, 3.8) is 0 Å². The van der Waals surface area contributed by atoms with Gasteiger partial charge in [0.1, 0.15) is 11.9 Å². The molecular weight excluding hydrogens is 501 g/mol. The van der Waals surface area contributed by atoms with E-state index < -0.39 is 17.8 Å². The molecule has 2 aromatic carbocycles. The van der Waals surface area contributed by atoms with E-state index >= 15 is 0 Å². The molecule has 1 unspecified atom stereocenters. The van der Waals surface area contributed by atoms with Gasteiger partial charge in [0.2, 0.25) is 0 Å². The molecule has 2 amide bonds. The summed E-state index contributed by atoms with van der Waals surface area (Å²) in [4.78, 5) is 35.4. The minimum atomic E-state index is -1.02. The first-order valence-corrected chi connectivity index (χ1v) is 13.7. The highest BCUT2D eigenvalue weighted by Crippen LogP contribution is 2.35. The largest absolute Gasteiger partial charge is 0.318 e. The summed E-state index contributed by atoms with van der Waals surface area (Å²) >= 11 is 1.28. The predicted octanol–water partition coefficient (Wildman–Crippen LogP) is 3.96. The van der Waals surface area contributed by atoms with Crippen molar-refractivity contribution in [1.82, 2.24) is 20.1 Å². The van der Waals surface area contributed by atoms with E-state index in [-0.39, 0.29) is 12.5 Å². The molecule has 0 spiro atoms. The minimum Gasteiger partial charge on any atom is -0.318 e. The van der Waals surface area contributed by atoms with E-state index in [2.05, 4.69) is 32.4 Å². The molecule has 0 aliphatic carbocycles. The van der Waals surface area contributed by atoms with Crippen molar-refractivity contribution in [2.75, 3.05) is 38.0 Å². The zero-order valence-corrected chi connectivity index (χ0v) is 22.1. The van der Waals surface area contributed by atoms with Crippen LogP contribution < -0.4 is 10.6 Å². The van der Waals surface area contributed by atoms with Crippen molar-refractivity contribution in [3.8, 4) is 11.8 Å². The molecule has 0 bridgehead atoms. The van der Waals surface area contributed by atoms with Crippen LogP contribution in [-0.4, -0.2) is 59.3 Å². The van der Waals surface area contributed by atoms with Crippen molar-refractivity contribution in [3.05, 3.63) is 81.6 Å². The maximum absolute atomic E-state index is 14.3. The second-order valence-electron chi connectivity index (χ2n) is 9.50. The summed E-state index contributed by atoms with van der Waals surface area (Å²) in [5, 5.41) is 8.33. The molecule has 38 heavy (non-hydrogen) atoms. The van der Waals surface area contributed by atoms with Crippen LogP contribution in [0, 0.1) is 24.6 Å². The van der Waals surface area contributed by atoms with Gasteiger partial charge >= 0.3 is 0 Å². The predicted molar refractivity (Wildman–Crippen MR) is 146 cm³/mol. The average molecular weight is 532 g/mol. The lowest BCUT2D eigenvalue weighted by atomic mass is 9.99. The number of amides is 2. The number of hydrogen-bond donors (Lipinski definition) is 2. The summed E-state index contributed by atoms with van der Waals surface area (Å²) in [6, 6.07) is 8.91. The number of rotatable bonds is 7. The number of thiazole rings is 1. The Bertz CT molecular complexity index is 1380. The fourth-order valence-electron chi connectivity index (χ4n) is 5.00. The van der Waals surface area contributed by atoms with Gasteiger partial charge in [0.25, 0.3) is 11.8 Å². The molecule has 196 valence electrons. The first-order valence-electron chi connectivity index (χ1n) is 12.8. The second-order valence-corrected chi connectivity index (χ2v) is 10.4. The molecule has 1 aromatic heterocycles. The molecule has 0 saturated carbocycles. The van der Waals surface area contributed by atoms with Crippen LogP contribution in [0.2, 0.25) is 0 Å². The quantitative estimate of drug-likeness (QED) is 0.357. The Morgan fingerprint density at radius 1 is 1.26 bits per heavy atom. The smallest absolute Gasteiger partial charge is 0.256 e. The van der Waals surface area contributed by atoms with Gasteiger partial charge in [0, 0.05) is 56.3 Å². The van der Waals surface area contributed by atoms with Gasteiger partial charge < -0.3 is 15.1 Å². The molecule has 3 heterocycles. The maximum Gasteiger partial charge on any atom is 0.256 e. The molecule has 2 aliphatic rings. The highest BCUT2D eigenvalue weighted by atomic mass is 32.1. The Kier molecular flexibility index (Phi) is 8.13. The van der Waals surface area contributed by atoms with E-state index in [4.69, 9.17) is 0 Å². The van der Waals surface area contributed by atoms with E-state index in [9.17, 15) is 14.0 Å². The first-order chi connectivity index (χ1) is 18.5. The van der Waals surface area contributed by atoms with Crippen LogP contribution >= 0.6 is 11.3 Å². The molecule has 7 nitrogen and oxygen atoms in total. The lowest BCUT2D eigenvalue weighted by molar-refractivity contribution is -0.120. The molecular formula is C29H30FN5O2S. The summed E-state index contributed by atoms with van der Waals surface area (Å²) in [5.74, 6) is 5.26. The van der Waals surface area contributed by atoms with Gasteiger partial charge in [-0.05, 0) is 54.8 Å². The second kappa shape index (κ2) is 11.9. The summed E-state index contributed by atoms with van der Waals surface area (Å²) in [7, 11) is 0. The van der Waals surface area contributed by atoms with Gasteiger partial charge in [-0.2, -0.15) is 0 Å². The fourth-order valence-corrected chi connectivity index (χ4v) is 5.53. The Balaban J connectivity index is 1.37. The van der Waals surface area contributed by atoms with Crippen molar-refractivity contribution in [1.29, 1.82) is 0 Å². The number of nitrogens with zero attached hydrogens (tertiary/aromatic N) is 3. The Labute approximate surface area is 226 Å². The number of hydrogen-bond acceptors (Lipinski definition) is 6. The molecule has 9 heteroatoms. The van der Waals surface area contributed by atoms with Crippen LogP contribution in [0.3, 0.4) is 0 Å². The van der Waals surface area contributed by atoms with Crippen LogP contribution in [0.1, 0.15) is 51.5 Å². The normalized spacial score (nSPS) is 16.1. The lowest BCUT2D eigenvalue weighted by Crippen LogP contribution is -2.43. The summed E-state index contributed by atoms with van der Waals surface area (Å²) < 4.78 is 14.3. The number of aromatic nitrogens is 1. The summed E-state index contributed by atoms with van der Waals surface area (Å²) in [5.41, 5.74) is 3.15. The van der Waals surface area contributed by atoms with Gasteiger partial charge in [0.15, 0.2) is 5.13 Å². The standard InChI is InChI=1S/C29H30FN5O2S/c1-20-9-10-23(30)18-24(20)26(27(36)33-29-32-13-17-38-29)35-19-22-8-5-7-21(25(22)28(35)37)6-3-2-4-14-34-15-11-31-12-16-34/h5,7-10,13,17-18,26,31H,2,4,11-12,14-16,19H2,1H3,(H,32,33,36). The molecule has 1 fully saturated rings. The van der Waals surface area contributed by atoms with Crippen LogP contribution in [-0.2, 0) is 11.3 Å². The van der Waals surface area contributed by atoms with Gasteiger partial charge in [0.05, 0.1) is 5.56 Å². The molecule has 1 atom stereocenters. The Morgan fingerprint density at radius 3 is 2.89 bits per heavy atom. The Hall–Kier alpha value is -3.58. The number of halogens is 1. The third-order valence-corrected chi connectivity index (χ3v) is 7.62. The third-order valence-electron chi connectivity index (χ3n) is 6.93. The van der Waals surface area contributed by atoms with Crippen LogP contribution in [0.15, 0.2) is 48.0 Å². The van der Waals surface area contributed by atoms with Crippen molar-refractivity contribution < 1.29 is 14.0 Å². The van der Waals surface area contributed by atoms with E-state index in [0.29, 0.717) is 21.8 Å². The van der Waals surface area contributed by atoms with Gasteiger partial charge in [-0.3, -0.25) is 14.9 Å². The number of carbonyl (C=O) groups is 2. The summed E-state index contributed by atoms with van der Waals surface area (Å²) in [6.45, 7) is 7.23. The highest BCUT2D eigenvalue weighted by Gasteiger charge is 2.39. The first kappa shape index (κ1) is 26.0. The average Bonchev–Trinajstić information content (AvgIpc) is 3.55. The van der Waals surface area contributed by atoms with Crippen LogP contribution in [0.5, 0.6) is 0 Å². The lowest BCUT2D eigenvalue weighted by Gasteiger charge is -2.28. The van der Waals surface area contributed by atoms with E-state index in [1.54, 1.807) is 17.6 Å². The zero-order chi connectivity index (χ0) is 26.5. The van der Waals surface area contributed by atoms with E-state index in [1.807, 2.05) is 25.1 Å². The minimum absolute atomic E-state index is 0.235. The Morgan fingerprint density at radius 2 is 2.11 bits per heavy atom. The van der Waals surface area contributed by atoms with Crippen molar-refractivity contribution in [2.24, 2.45) is 0 Å². The van der Waals surface area contributed by atoms with Crippen molar-refractivity contribution >= 4 is 28.3 Å². The number of unbranched alkanes of at least 4 members (excludes halogenated alkanes) is 1. The zero-order valence-electron chi connectivity index (χ0n) is 21.3. The third kappa shape index (κ3) is 5.78. The van der Waals surface area contributed by atoms with Gasteiger partial charge in [-0.15, -0.1) is 11.3 Å². The number of nitrogens with one attached hydrogen (secondary N) is 2. The fraction of sp³-hybridized carbons (Fsp3) is 0.345. The summed E-state index contributed by atoms with van der Waals surface area (Å²) in [6.07, 6.45) is 3.31. The number of piperazine rings is 1. The number of carbonyl (C=O) groups excluding carboxylic acids is 2. The number of anilines is 1. The van der Waals surface area contributed by atoms with Crippen molar-refractivity contribution in [2.45, 2.75) is 32.4 Å². The molecule has 2 N–H and O–H groups in total. The maximum atomic E-state index is 14.3. The van der Waals surface area contributed by atoms with E-state index in [1.165, 1.54) is 28.4 Å².